The van der Waals surface area contributed by atoms with Gasteiger partial charge in [-0.3, -0.25) is 0 Å². The number of phenolic OH excluding ortho intramolecular Hbond substituents is 2. The summed E-state index contributed by atoms with van der Waals surface area (Å²) in [5, 5.41) is 27.1. The van der Waals surface area contributed by atoms with Crippen LogP contribution in [0.3, 0.4) is 0 Å². The van der Waals surface area contributed by atoms with Crippen molar-refractivity contribution in [3.63, 3.8) is 0 Å². The lowest BCUT2D eigenvalue weighted by Crippen LogP contribution is -2.05. The second-order valence-electron chi connectivity index (χ2n) is 4.09. The van der Waals surface area contributed by atoms with E-state index >= 15 is 0 Å². The van der Waals surface area contributed by atoms with Crippen molar-refractivity contribution in [3.05, 3.63) is 59.2 Å². The topological polar surface area (TPSA) is 90.5 Å². The van der Waals surface area contributed by atoms with Crippen molar-refractivity contribution in [1.82, 2.24) is 0 Å². The molecule has 20 heavy (non-hydrogen) atoms. The minimum Gasteiger partial charge on any atom is -0.504 e. The Bertz CT molecular complexity index is 671. The summed E-state index contributed by atoms with van der Waals surface area (Å²) in [6.07, 6.45) is 0. The number of nitriles is 1. The van der Waals surface area contributed by atoms with Crippen molar-refractivity contribution in [3.8, 4) is 17.6 Å². The lowest BCUT2D eigenvalue weighted by molar-refractivity contribution is 0.0472. The fourth-order valence-corrected chi connectivity index (χ4v) is 1.56. The first-order chi connectivity index (χ1) is 9.60. The van der Waals surface area contributed by atoms with Crippen molar-refractivity contribution in [2.45, 2.75) is 6.61 Å². The van der Waals surface area contributed by atoms with E-state index in [9.17, 15) is 9.90 Å². The van der Waals surface area contributed by atoms with Gasteiger partial charge in [-0.2, -0.15) is 5.26 Å². The molecule has 5 nitrogen and oxygen atoms in total. The molecule has 0 fully saturated rings. The summed E-state index contributed by atoms with van der Waals surface area (Å²) in [4.78, 5) is 11.7. The third-order valence-corrected chi connectivity index (χ3v) is 2.66. The van der Waals surface area contributed by atoms with Gasteiger partial charge >= 0.3 is 5.97 Å². The Balaban J connectivity index is 2.01. The van der Waals surface area contributed by atoms with Gasteiger partial charge in [-0.25, -0.2) is 4.79 Å². The zero-order valence-electron chi connectivity index (χ0n) is 10.4. The highest BCUT2D eigenvalue weighted by Gasteiger charge is 2.10. The number of ether oxygens (including phenoxy) is 1. The Morgan fingerprint density at radius 1 is 1.10 bits per heavy atom. The van der Waals surface area contributed by atoms with Crippen molar-refractivity contribution >= 4 is 5.97 Å². The first-order valence-electron chi connectivity index (χ1n) is 5.78. The fourth-order valence-electron chi connectivity index (χ4n) is 1.56. The number of hydrogen-bond donors (Lipinski definition) is 2. The third kappa shape index (κ3) is 3.06. The van der Waals surface area contributed by atoms with Crippen LogP contribution in [0.15, 0.2) is 42.5 Å². The predicted octanol–water partition coefficient (Wildman–Crippen LogP) is 2.33. The lowest BCUT2D eigenvalue weighted by Gasteiger charge is -2.06. The number of esters is 1. The van der Waals surface area contributed by atoms with Gasteiger partial charge in [-0.1, -0.05) is 12.1 Å². The van der Waals surface area contributed by atoms with Gasteiger partial charge in [0, 0.05) is 0 Å². The summed E-state index contributed by atoms with van der Waals surface area (Å²) in [5.74, 6) is -1.28. The minimum absolute atomic E-state index is 0.0617. The van der Waals surface area contributed by atoms with Crippen LogP contribution in [0, 0.1) is 11.3 Å². The molecule has 2 rings (SSSR count). The molecule has 100 valence electrons. The Morgan fingerprint density at radius 2 is 1.80 bits per heavy atom. The van der Waals surface area contributed by atoms with Crippen LogP contribution in [0.25, 0.3) is 0 Å². The van der Waals surface area contributed by atoms with E-state index in [1.807, 2.05) is 6.07 Å². The van der Waals surface area contributed by atoms with Crippen LogP contribution in [0.5, 0.6) is 11.5 Å². The zero-order valence-corrected chi connectivity index (χ0v) is 10.4. The smallest absolute Gasteiger partial charge is 0.338 e. The van der Waals surface area contributed by atoms with Crippen LogP contribution < -0.4 is 0 Å². The first-order valence-corrected chi connectivity index (χ1v) is 5.78. The third-order valence-electron chi connectivity index (χ3n) is 2.66. The Hall–Kier alpha value is -3.00. The molecular formula is C15H11NO4. The maximum atomic E-state index is 11.7. The summed E-state index contributed by atoms with van der Waals surface area (Å²) < 4.78 is 5.07. The first kappa shape index (κ1) is 13.4. The molecule has 0 saturated heterocycles. The highest BCUT2D eigenvalue weighted by atomic mass is 16.5. The molecule has 2 N–H and O–H groups in total. The summed E-state index contributed by atoms with van der Waals surface area (Å²) in [7, 11) is 0. The van der Waals surface area contributed by atoms with E-state index in [-0.39, 0.29) is 23.7 Å². The van der Waals surface area contributed by atoms with Crippen molar-refractivity contribution < 1.29 is 19.7 Å². The van der Waals surface area contributed by atoms with Gasteiger partial charge in [0.1, 0.15) is 6.61 Å². The minimum atomic E-state index is -0.607. The van der Waals surface area contributed by atoms with E-state index in [4.69, 9.17) is 15.1 Å². The molecule has 0 aliphatic heterocycles. The zero-order chi connectivity index (χ0) is 14.5. The molecule has 2 aromatic rings. The molecule has 0 aliphatic rings. The SMILES string of the molecule is N#Cc1ccc(COC(=O)c2ccc(O)c(O)c2)cc1. The molecule has 0 amide bonds. The van der Waals surface area contributed by atoms with Gasteiger partial charge in [0.25, 0.3) is 0 Å². The van der Waals surface area contributed by atoms with Crippen molar-refractivity contribution in [1.29, 1.82) is 5.26 Å². The molecule has 0 unspecified atom stereocenters. The van der Waals surface area contributed by atoms with Crippen molar-refractivity contribution in [2.24, 2.45) is 0 Å². The fraction of sp³-hybridized carbons (Fsp3) is 0.0667. The number of phenols is 2. The van der Waals surface area contributed by atoms with E-state index in [2.05, 4.69) is 0 Å². The molecule has 0 bridgehead atoms. The number of benzene rings is 2. The maximum Gasteiger partial charge on any atom is 0.338 e. The van der Waals surface area contributed by atoms with Crippen LogP contribution in [0.4, 0.5) is 0 Å². The molecule has 0 aromatic heterocycles. The van der Waals surface area contributed by atoms with E-state index < -0.39 is 5.97 Å². The molecule has 0 radical (unpaired) electrons. The van der Waals surface area contributed by atoms with Gasteiger partial charge in [0.2, 0.25) is 0 Å². The van der Waals surface area contributed by atoms with Crippen LogP contribution in [0.2, 0.25) is 0 Å². The van der Waals surface area contributed by atoms with E-state index in [1.54, 1.807) is 24.3 Å². The number of hydrogen-bond acceptors (Lipinski definition) is 5. The summed E-state index contributed by atoms with van der Waals surface area (Å²) in [6.45, 7) is 0.0617. The number of nitrogens with zero attached hydrogens (tertiary/aromatic N) is 1. The molecule has 2 aromatic carbocycles. The Labute approximate surface area is 115 Å². The number of carbonyl (C=O) groups is 1. The summed E-state index contributed by atoms with van der Waals surface area (Å²) in [6, 6.07) is 12.4. The Morgan fingerprint density at radius 3 is 2.40 bits per heavy atom. The molecule has 0 saturated carbocycles. The molecular weight excluding hydrogens is 258 g/mol. The number of carbonyl (C=O) groups excluding carboxylic acids is 1. The standard InChI is InChI=1S/C15H11NO4/c16-8-10-1-3-11(4-2-10)9-20-15(19)12-5-6-13(17)14(18)7-12/h1-7,17-18H,9H2. The average molecular weight is 269 g/mol. The quantitative estimate of drug-likeness (QED) is 0.659. The highest BCUT2D eigenvalue weighted by Crippen LogP contribution is 2.25. The van der Waals surface area contributed by atoms with E-state index in [0.717, 1.165) is 11.6 Å². The maximum absolute atomic E-state index is 11.7. The normalized spacial score (nSPS) is 9.75. The monoisotopic (exact) mass is 269 g/mol. The lowest BCUT2D eigenvalue weighted by atomic mass is 10.1. The van der Waals surface area contributed by atoms with E-state index in [1.165, 1.54) is 12.1 Å². The predicted molar refractivity (Wildman–Crippen MR) is 70.0 cm³/mol. The molecule has 5 heteroatoms. The highest BCUT2D eigenvalue weighted by molar-refractivity contribution is 5.90. The van der Waals surface area contributed by atoms with Crippen LogP contribution in [0.1, 0.15) is 21.5 Å². The van der Waals surface area contributed by atoms with Gasteiger partial charge < -0.3 is 14.9 Å². The van der Waals surface area contributed by atoms with Gasteiger partial charge in [0.15, 0.2) is 11.5 Å². The largest absolute Gasteiger partial charge is 0.504 e. The van der Waals surface area contributed by atoms with E-state index in [0.29, 0.717) is 5.56 Å². The second kappa shape index (κ2) is 5.76. The van der Waals surface area contributed by atoms with Crippen LogP contribution in [-0.2, 0) is 11.3 Å². The van der Waals surface area contributed by atoms with Crippen LogP contribution in [-0.4, -0.2) is 16.2 Å². The van der Waals surface area contributed by atoms with Gasteiger partial charge in [-0.05, 0) is 35.9 Å². The van der Waals surface area contributed by atoms with Crippen LogP contribution >= 0.6 is 0 Å². The van der Waals surface area contributed by atoms with Crippen molar-refractivity contribution in [2.75, 3.05) is 0 Å². The molecule has 0 atom stereocenters. The number of aromatic hydroxyl groups is 2. The van der Waals surface area contributed by atoms with Gasteiger partial charge in [0.05, 0.1) is 17.2 Å². The molecule has 0 spiro atoms. The summed E-state index contributed by atoms with van der Waals surface area (Å²) in [5.41, 5.74) is 1.43. The van der Waals surface area contributed by atoms with Gasteiger partial charge in [-0.15, -0.1) is 0 Å². The summed E-state index contributed by atoms with van der Waals surface area (Å²) >= 11 is 0. The number of rotatable bonds is 3. The molecule has 0 aliphatic carbocycles. The Kier molecular flexibility index (Phi) is 3.87. The molecule has 0 heterocycles. The second-order valence-corrected chi connectivity index (χ2v) is 4.09. The average Bonchev–Trinajstić information content (AvgIpc) is 2.48.